The summed E-state index contributed by atoms with van der Waals surface area (Å²) < 4.78 is 16.2. The van der Waals surface area contributed by atoms with Gasteiger partial charge in [-0.3, -0.25) is 14.5 Å². The first kappa shape index (κ1) is 24.7. The summed E-state index contributed by atoms with van der Waals surface area (Å²) in [5, 5.41) is 6.36. The smallest absolute Gasteiger partial charge is 0.310 e. The first-order valence-electron chi connectivity index (χ1n) is 12.1. The summed E-state index contributed by atoms with van der Waals surface area (Å²) in [6.07, 6.45) is 2.21. The number of benzene rings is 2. The van der Waals surface area contributed by atoms with Crippen molar-refractivity contribution in [2.75, 3.05) is 40.5 Å². The van der Waals surface area contributed by atoms with Gasteiger partial charge in [0.15, 0.2) is 0 Å². The standard InChI is InChI=1S/C27H33N3O5/c1-4-35-27(32)20-11-8-14-29(17-20)18-26(31)30-24(16-23(28-30)19-9-6-5-7-10-19)22-13-12-21(33-2)15-25(22)34-3/h5-7,9-10,12-13,15,20,24H,4,8,11,14,16-18H2,1-3H3/t20-,24+/m0/s1. The molecule has 186 valence electrons. The topological polar surface area (TPSA) is 80.7 Å². The summed E-state index contributed by atoms with van der Waals surface area (Å²) in [6, 6.07) is 15.2. The number of carbonyl (C=O) groups is 2. The van der Waals surface area contributed by atoms with E-state index in [2.05, 4.69) is 0 Å². The van der Waals surface area contributed by atoms with Crippen LogP contribution < -0.4 is 9.47 Å². The lowest BCUT2D eigenvalue weighted by Gasteiger charge is -2.32. The molecule has 1 amide bonds. The average Bonchev–Trinajstić information content (AvgIpc) is 3.34. The van der Waals surface area contributed by atoms with Gasteiger partial charge in [-0.2, -0.15) is 5.10 Å². The Morgan fingerprint density at radius 1 is 1.09 bits per heavy atom. The van der Waals surface area contributed by atoms with Crippen LogP contribution in [0.15, 0.2) is 53.6 Å². The largest absolute Gasteiger partial charge is 0.497 e. The van der Waals surface area contributed by atoms with Gasteiger partial charge in [-0.15, -0.1) is 0 Å². The fourth-order valence-electron chi connectivity index (χ4n) is 4.80. The summed E-state index contributed by atoms with van der Waals surface area (Å²) in [6.45, 7) is 3.65. The van der Waals surface area contributed by atoms with Crippen molar-refractivity contribution >= 4 is 17.6 Å². The highest BCUT2D eigenvalue weighted by Gasteiger charge is 2.36. The van der Waals surface area contributed by atoms with E-state index in [0.29, 0.717) is 31.1 Å². The second kappa shape index (κ2) is 11.4. The van der Waals surface area contributed by atoms with Crippen molar-refractivity contribution in [3.05, 3.63) is 59.7 Å². The van der Waals surface area contributed by atoms with E-state index in [1.165, 1.54) is 0 Å². The molecule has 2 atom stereocenters. The molecule has 2 aromatic rings. The molecule has 0 unspecified atom stereocenters. The normalized spacial score (nSPS) is 20.3. The molecule has 0 spiro atoms. The number of amides is 1. The molecular weight excluding hydrogens is 446 g/mol. The molecular formula is C27H33N3O5. The van der Waals surface area contributed by atoms with Crippen molar-refractivity contribution in [3.63, 3.8) is 0 Å². The van der Waals surface area contributed by atoms with Gasteiger partial charge in [0.2, 0.25) is 0 Å². The summed E-state index contributed by atoms with van der Waals surface area (Å²) in [7, 11) is 3.22. The van der Waals surface area contributed by atoms with Gasteiger partial charge in [0, 0.05) is 24.6 Å². The highest BCUT2D eigenvalue weighted by Crippen LogP contribution is 2.39. The van der Waals surface area contributed by atoms with E-state index >= 15 is 0 Å². The van der Waals surface area contributed by atoms with Crippen LogP contribution in [0.3, 0.4) is 0 Å². The van der Waals surface area contributed by atoms with Gasteiger partial charge in [-0.05, 0) is 44.0 Å². The Hall–Kier alpha value is -3.39. The van der Waals surface area contributed by atoms with E-state index in [9.17, 15) is 9.59 Å². The van der Waals surface area contributed by atoms with Gasteiger partial charge in [-0.1, -0.05) is 30.3 Å². The van der Waals surface area contributed by atoms with E-state index < -0.39 is 0 Å². The zero-order chi connectivity index (χ0) is 24.8. The first-order valence-corrected chi connectivity index (χ1v) is 12.1. The van der Waals surface area contributed by atoms with Crippen LogP contribution in [0.2, 0.25) is 0 Å². The Balaban J connectivity index is 1.58. The van der Waals surface area contributed by atoms with Crippen molar-refractivity contribution in [1.29, 1.82) is 0 Å². The lowest BCUT2D eigenvalue weighted by molar-refractivity contribution is -0.150. The quantitative estimate of drug-likeness (QED) is 0.538. The molecule has 8 nitrogen and oxygen atoms in total. The molecule has 2 aliphatic rings. The van der Waals surface area contributed by atoms with Crippen molar-refractivity contribution in [2.24, 2.45) is 11.0 Å². The fraction of sp³-hybridized carbons (Fsp3) is 0.444. The number of piperidine rings is 1. The van der Waals surface area contributed by atoms with Crippen LogP contribution in [0, 0.1) is 5.92 Å². The Bertz CT molecular complexity index is 1070. The van der Waals surface area contributed by atoms with E-state index in [-0.39, 0.29) is 30.4 Å². The SMILES string of the molecule is CCOC(=O)[C@H]1CCCN(CC(=O)N2N=C(c3ccccc3)C[C@@H]2c2ccc(OC)cc2OC)C1. The first-order chi connectivity index (χ1) is 17.0. The third-order valence-corrected chi connectivity index (χ3v) is 6.56. The maximum absolute atomic E-state index is 13.6. The minimum atomic E-state index is -0.302. The molecule has 0 saturated carbocycles. The minimum absolute atomic E-state index is 0.108. The summed E-state index contributed by atoms with van der Waals surface area (Å²) in [5.74, 6) is 0.844. The zero-order valence-electron chi connectivity index (χ0n) is 20.6. The Morgan fingerprint density at radius 2 is 1.89 bits per heavy atom. The van der Waals surface area contributed by atoms with Crippen LogP contribution in [-0.2, 0) is 14.3 Å². The predicted octanol–water partition coefficient (Wildman–Crippen LogP) is 3.66. The Morgan fingerprint density at radius 3 is 2.60 bits per heavy atom. The van der Waals surface area contributed by atoms with Crippen LogP contribution in [0.25, 0.3) is 0 Å². The van der Waals surface area contributed by atoms with E-state index in [1.54, 1.807) is 19.2 Å². The number of rotatable bonds is 8. The second-order valence-electron chi connectivity index (χ2n) is 8.81. The molecule has 2 aromatic carbocycles. The van der Waals surface area contributed by atoms with Crippen molar-refractivity contribution in [2.45, 2.75) is 32.2 Å². The van der Waals surface area contributed by atoms with Gasteiger partial charge < -0.3 is 14.2 Å². The lowest BCUT2D eigenvalue weighted by Crippen LogP contribution is -2.44. The maximum atomic E-state index is 13.6. The summed E-state index contributed by atoms with van der Waals surface area (Å²) in [4.78, 5) is 27.9. The van der Waals surface area contributed by atoms with Crippen LogP contribution in [0.5, 0.6) is 11.5 Å². The number of esters is 1. The van der Waals surface area contributed by atoms with Gasteiger partial charge in [0.05, 0.1) is 45.0 Å². The number of methoxy groups -OCH3 is 2. The summed E-state index contributed by atoms with van der Waals surface area (Å²) in [5.41, 5.74) is 2.71. The van der Waals surface area contributed by atoms with Gasteiger partial charge in [0.1, 0.15) is 11.5 Å². The van der Waals surface area contributed by atoms with E-state index in [4.69, 9.17) is 19.3 Å². The van der Waals surface area contributed by atoms with E-state index in [0.717, 1.165) is 36.2 Å². The predicted molar refractivity (Wildman–Crippen MR) is 133 cm³/mol. The van der Waals surface area contributed by atoms with Crippen molar-refractivity contribution < 1.29 is 23.8 Å². The van der Waals surface area contributed by atoms with Crippen LogP contribution in [0.1, 0.15) is 43.4 Å². The van der Waals surface area contributed by atoms with Gasteiger partial charge in [-0.25, -0.2) is 5.01 Å². The molecule has 0 bridgehead atoms. The molecule has 0 aliphatic carbocycles. The number of likely N-dealkylation sites (tertiary alicyclic amines) is 1. The third kappa shape index (κ3) is 5.65. The van der Waals surface area contributed by atoms with Crippen molar-refractivity contribution in [1.82, 2.24) is 9.91 Å². The third-order valence-electron chi connectivity index (χ3n) is 6.56. The number of carbonyl (C=O) groups excluding carboxylic acids is 2. The van der Waals surface area contributed by atoms with E-state index in [1.807, 2.05) is 60.4 Å². The summed E-state index contributed by atoms with van der Waals surface area (Å²) >= 11 is 0. The molecule has 8 heteroatoms. The molecule has 1 saturated heterocycles. The highest BCUT2D eigenvalue weighted by atomic mass is 16.5. The molecule has 4 rings (SSSR count). The number of hydrogen-bond acceptors (Lipinski definition) is 7. The number of nitrogens with zero attached hydrogens (tertiary/aromatic N) is 3. The Kier molecular flexibility index (Phi) is 8.02. The fourth-order valence-corrected chi connectivity index (χ4v) is 4.80. The molecule has 1 fully saturated rings. The molecule has 0 aromatic heterocycles. The average molecular weight is 480 g/mol. The number of hydrogen-bond donors (Lipinski definition) is 0. The highest BCUT2D eigenvalue weighted by molar-refractivity contribution is 6.03. The molecule has 2 heterocycles. The van der Waals surface area contributed by atoms with Gasteiger partial charge in [0.25, 0.3) is 5.91 Å². The lowest BCUT2D eigenvalue weighted by atomic mass is 9.97. The second-order valence-corrected chi connectivity index (χ2v) is 8.81. The van der Waals surface area contributed by atoms with Crippen molar-refractivity contribution in [3.8, 4) is 11.5 Å². The molecule has 0 N–H and O–H groups in total. The molecule has 35 heavy (non-hydrogen) atoms. The van der Waals surface area contributed by atoms with Crippen LogP contribution in [-0.4, -0.2) is 68.0 Å². The Labute approximate surface area is 206 Å². The van der Waals surface area contributed by atoms with Gasteiger partial charge >= 0.3 is 5.97 Å². The minimum Gasteiger partial charge on any atom is -0.497 e. The monoisotopic (exact) mass is 479 g/mol. The number of ether oxygens (including phenoxy) is 3. The maximum Gasteiger partial charge on any atom is 0.310 e. The molecule has 0 radical (unpaired) electrons. The van der Waals surface area contributed by atoms with Crippen LogP contribution in [0.4, 0.5) is 0 Å². The zero-order valence-corrected chi connectivity index (χ0v) is 20.6. The molecule has 2 aliphatic heterocycles. The van der Waals surface area contributed by atoms with Crippen LogP contribution >= 0.6 is 0 Å². The number of hydrazone groups is 1.